The first kappa shape index (κ1) is 19.3. The topological polar surface area (TPSA) is 90.9 Å². The van der Waals surface area contributed by atoms with Gasteiger partial charge in [-0.2, -0.15) is 0 Å². The van der Waals surface area contributed by atoms with E-state index in [4.69, 9.17) is 14.2 Å². The molecule has 1 saturated heterocycles. The zero-order chi connectivity index (χ0) is 18.0. The molecule has 23 heavy (non-hydrogen) atoms. The van der Waals surface area contributed by atoms with Crippen molar-refractivity contribution in [2.45, 2.75) is 72.3 Å². The molecule has 1 atom stereocenters. The molecule has 1 fully saturated rings. The van der Waals surface area contributed by atoms with E-state index in [2.05, 4.69) is 5.32 Å². The highest BCUT2D eigenvalue weighted by Gasteiger charge is 2.44. The Balaban J connectivity index is 2.75. The van der Waals surface area contributed by atoms with Crippen molar-refractivity contribution in [3.63, 3.8) is 0 Å². The van der Waals surface area contributed by atoms with Gasteiger partial charge in [-0.15, -0.1) is 0 Å². The molecule has 0 spiro atoms. The van der Waals surface area contributed by atoms with Crippen LogP contribution in [0.25, 0.3) is 0 Å². The second-order valence-corrected chi connectivity index (χ2v) is 7.53. The van der Waals surface area contributed by atoms with Gasteiger partial charge in [-0.1, -0.05) is 13.8 Å². The first-order valence-corrected chi connectivity index (χ1v) is 7.76. The smallest absolute Gasteiger partial charge is 0.407 e. The minimum absolute atomic E-state index is 0.00180. The van der Waals surface area contributed by atoms with Gasteiger partial charge in [0.05, 0.1) is 0 Å². The molecule has 0 unspecified atom stereocenters. The lowest BCUT2D eigenvalue weighted by Gasteiger charge is -2.34. The number of ether oxygens (including phenoxy) is 3. The highest BCUT2D eigenvalue weighted by atomic mass is 16.7. The molecule has 0 aromatic carbocycles. The summed E-state index contributed by atoms with van der Waals surface area (Å²) in [6.07, 6.45) is -0.487. The lowest BCUT2D eigenvalue weighted by molar-refractivity contribution is -0.240. The maximum atomic E-state index is 12.0. The highest BCUT2D eigenvalue weighted by molar-refractivity contribution is 5.96. The van der Waals surface area contributed by atoms with Gasteiger partial charge in [0.15, 0.2) is 5.92 Å². The molecular weight excluding hydrogens is 302 g/mol. The number of cyclic esters (lactones) is 2. The van der Waals surface area contributed by atoms with E-state index in [1.807, 2.05) is 13.8 Å². The van der Waals surface area contributed by atoms with Crippen LogP contribution in [0.5, 0.6) is 0 Å². The first-order valence-electron chi connectivity index (χ1n) is 7.76. The third-order valence-corrected chi connectivity index (χ3v) is 3.26. The Morgan fingerprint density at radius 3 is 2.09 bits per heavy atom. The molecule has 0 radical (unpaired) electrons. The first-order chi connectivity index (χ1) is 10.3. The normalized spacial score (nSPS) is 19.8. The fourth-order valence-corrected chi connectivity index (χ4v) is 2.15. The number of hydrogen-bond donors (Lipinski definition) is 1. The van der Waals surface area contributed by atoms with Crippen LogP contribution in [-0.2, 0) is 23.8 Å². The molecule has 0 aromatic heterocycles. The minimum Gasteiger partial charge on any atom is -0.444 e. The van der Waals surface area contributed by atoms with E-state index in [0.717, 1.165) is 0 Å². The van der Waals surface area contributed by atoms with Gasteiger partial charge in [0.25, 0.3) is 5.79 Å². The van der Waals surface area contributed by atoms with E-state index in [1.54, 1.807) is 20.8 Å². The van der Waals surface area contributed by atoms with E-state index in [9.17, 15) is 14.4 Å². The van der Waals surface area contributed by atoms with Gasteiger partial charge in [-0.25, -0.2) is 4.79 Å². The van der Waals surface area contributed by atoms with E-state index >= 15 is 0 Å². The lowest BCUT2D eigenvalue weighted by atomic mass is 9.92. The van der Waals surface area contributed by atoms with Gasteiger partial charge in [-0.3, -0.25) is 9.59 Å². The average molecular weight is 329 g/mol. The van der Waals surface area contributed by atoms with Gasteiger partial charge in [0.1, 0.15) is 5.60 Å². The summed E-state index contributed by atoms with van der Waals surface area (Å²) in [5, 5.41) is 2.71. The molecule has 0 aromatic rings. The van der Waals surface area contributed by atoms with Gasteiger partial charge in [-0.05, 0) is 33.1 Å². The van der Waals surface area contributed by atoms with Crippen LogP contribution in [0.4, 0.5) is 4.79 Å². The van der Waals surface area contributed by atoms with E-state index in [-0.39, 0.29) is 12.3 Å². The molecule has 1 aliphatic heterocycles. The van der Waals surface area contributed by atoms with Crippen LogP contribution in [0.1, 0.15) is 54.9 Å². The molecule has 7 heteroatoms. The van der Waals surface area contributed by atoms with Crippen molar-refractivity contribution in [1.82, 2.24) is 5.32 Å². The molecule has 1 rings (SSSR count). The summed E-state index contributed by atoms with van der Waals surface area (Å²) < 4.78 is 15.4. The van der Waals surface area contributed by atoms with Gasteiger partial charge >= 0.3 is 18.0 Å². The number of rotatable bonds is 4. The summed E-state index contributed by atoms with van der Waals surface area (Å²) in [5.74, 6) is -3.58. The summed E-state index contributed by atoms with van der Waals surface area (Å²) in [4.78, 5) is 36.0. The van der Waals surface area contributed by atoms with Crippen molar-refractivity contribution in [3.05, 3.63) is 0 Å². The van der Waals surface area contributed by atoms with Crippen molar-refractivity contribution in [1.29, 1.82) is 0 Å². The second kappa shape index (κ2) is 6.76. The quantitative estimate of drug-likeness (QED) is 0.629. The number of alkyl carbamates (subject to hydrolysis) is 1. The Labute approximate surface area is 137 Å². The molecule has 0 saturated carbocycles. The van der Waals surface area contributed by atoms with Crippen LogP contribution in [-0.4, -0.2) is 35.5 Å². The molecule has 0 aliphatic carbocycles. The van der Waals surface area contributed by atoms with Crippen molar-refractivity contribution >= 4 is 18.0 Å². The monoisotopic (exact) mass is 329 g/mol. The third-order valence-electron chi connectivity index (χ3n) is 3.26. The summed E-state index contributed by atoms with van der Waals surface area (Å²) in [5.41, 5.74) is -0.627. The van der Waals surface area contributed by atoms with E-state index < -0.39 is 41.4 Å². The maximum Gasteiger partial charge on any atom is 0.407 e. The fraction of sp³-hybridized carbons (Fsp3) is 0.812. The third kappa shape index (κ3) is 6.08. The molecule has 1 N–H and O–H groups in total. The zero-order valence-corrected chi connectivity index (χ0v) is 14.9. The van der Waals surface area contributed by atoms with Crippen molar-refractivity contribution in [2.24, 2.45) is 11.8 Å². The van der Waals surface area contributed by atoms with Crippen LogP contribution < -0.4 is 5.32 Å². The highest BCUT2D eigenvalue weighted by Crippen LogP contribution is 2.27. The van der Waals surface area contributed by atoms with E-state index in [1.165, 1.54) is 13.8 Å². The van der Waals surface area contributed by atoms with Crippen LogP contribution in [0, 0.1) is 11.8 Å². The largest absolute Gasteiger partial charge is 0.444 e. The molecule has 7 nitrogen and oxygen atoms in total. The van der Waals surface area contributed by atoms with Crippen LogP contribution in [0.3, 0.4) is 0 Å². The number of esters is 2. The molecule has 0 bridgehead atoms. The molecule has 1 aliphatic rings. The number of carbonyl (C=O) groups is 3. The summed E-state index contributed by atoms with van der Waals surface area (Å²) >= 11 is 0. The number of hydrogen-bond acceptors (Lipinski definition) is 6. The van der Waals surface area contributed by atoms with Crippen LogP contribution >= 0.6 is 0 Å². The average Bonchev–Trinajstić information content (AvgIpc) is 2.28. The lowest BCUT2D eigenvalue weighted by Crippen LogP contribution is -2.50. The second-order valence-electron chi connectivity index (χ2n) is 7.53. The Hall–Kier alpha value is -1.79. The van der Waals surface area contributed by atoms with E-state index in [0.29, 0.717) is 0 Å². The number of amides is 1. The summed E-state index contributed by atoms with van der Waals surface area (Å²) in [6, 6.07) is -0.420. The maximum absolute atomic E-state index is 12.0. The molecule has 132 valence electrons. The Morgan fingerprint density at radius 2 is 1.70 bits per heavy atom. The SMILES string of the molecule is CC(C)[C@H](CC1C(=O)OC(C)(C)OC1=O)NC(=O)OC(C)(C)C. The van der Waals surface area contributed by atoms with Crippen molar-refractivity contribution in [3.8, 4) is 0 Å². The molecular formula is C16H27NO6. The van der Waals surface area contributed by atoms with Gasteiger partial charge in [0.2, 0.25) is 0 Å². The number of carbonyl (C=O) groups excluding carboxylic acids is 3. The fourth-order valence-electron chi connectivity index (χ4n) is 2.15. The van der Waals surface area contributed by atoms with Crippen molar-refractivity contribution < 1.29 is 28.6 Å². The minimum atomic E-state index is -1.25. The van der Waals surface area contributed by atoms with Crippen LogP contribution in [0.2, 0.25) is 0 Å². The summed E-state index contributed by atoms with van der Waals surface area (Å²) in [6.45, 7) is 12.0. The predicted octanol–water partition coefficient (Wildman–Crippen LogP) is 2.38. The Bertz CT molecular complexity index is 457. The number of nitrogens with one attached hydrogen (secondary N) is 1. The molecule has 1 heterocycles. The van der Waals surface area contributed by atoms with Crippen molar-refractivity contribution in [2.75, 3.05) is 0 Å². The zero-order valence-electron chi connectivity index (χ0n) is 14.9. The standard InChI is InChI=1S/C16H27NO6/c1-9(2)11(17-14(20)23-15(3,4)5)8-10-12(18)21-16(6,7)22-13(10)19/h9-11H,8H2,1-7H3,(H,17,20)/t11-/m0/s1. The van der Waals surface area contributed by atoms with Gasteiger partial charge < -0.3 is 19.5 Å². The summed E-state index contributed by atoms with van der Waals surface area (Å²) in [7, 11) is 0. The Morgan fingerprint density at radius 1 is 1.22 bits per heavy atom. The molecule has 1 amide bonds. The predicted molar refractivity (Wildman–Crippen MR) is 82.4 cm³/mol. The Kier molecular flexibility index (Phi) is 5.66. The van der Waals surface area contributed by atoms with Crippen LogP contribution in [0.15, 0.2) is 0 Å². The van der Waals surface area contributed by atoms with Gasteiger partial charge in [0, 0.05) is 19.9 Å².